The van der Waals surface area contributed by atoms with E-state index in [4.69, 9.17) is 21.1 Å². The monoisotopic (exact) mass is 310 g/mol. The standard InChI is InChI=1S/C16H19ClO4/c1-2-20-15(18)11-7-3-4-8-12(11)16(19)21-14-10-6-5-9-13(14)17/h5-6,9-12H,2-4,7-8H2,1H3. The van der Waals surface area contributed by atoms with Gasteiger partial charge in [-0.15, -0.1) is 0 Å². The van der Waals surface area contributed by atoms with Gasteiger partial charge in [-0.3, -0.25) is 9.59 Å². The smallest absolute Gasteiger partial charge is 0.315 e. The lowest BCUT2D eigenvalue weighted by Gasteiger charge is -2.28. The molecule has 0 aliphatic heterocycles. The summed E-state index contributed by atoms with van der Waals surface area (Å²) < 4.78 is 10.4. The van der Waals surface area contributed by atoms with Gasteiger partial charge in [0.15, 0.2) is 0 Å². The number of carbonyl (C=O) groups excluding carboxylic acids is 2. The SMILES string of the molecule is CCOC(=O)C1CCCCC1C(=O)Oc1ccccc1Cl. The number of halogens is 1. The van der Waals surface area contributed by atoms with E-state index in [-0.39, 0.29) is 5.97 Å². The van der Waals surface area contributed by atoms with E-state index in [2.05, 4.69) is 0 Å². The molecule has 0 amide bonds. The lowest BCUT2D eigenvalue weighted by molar-refractivity contribution is -0.158. The molecular formula is C16H19ClO4. The quantitative estimate of drug-likeness (QED) is 0.629. The summed E-state index contributed by atoms with van der Waals surface area (Å²) in [6.45, 7) is 2.08. The van der Waals surface area contributed by atoms with E-state index in [1.807, 2.05) is 0 Å². The van der Waals surface area contributed by atoms with Gasteiger partial charge >= 0.3 is 11.9 Å². The Morgan fingerprint density at radius 1 is 1.14 bits per heavy atom. The molecular weight excluding hydrogens is 292 g/mol. The molecule has 0 heterocycles. The first kappa shape index (κ1) is 15.8. The molecule has 2 rings (SSSR count). The lowest BCUT2D eigenvalue weighted by atomic mass is 9.79. The van der Waals surface area contributed by atoms with Crippen molar-refractivity contribution in [2.75, 3.05) is 6.61 Å². The Bertz CT molecular complexity index is 515. The number of para-hydroxylation sites is 1. The Labute approximate surface area is 129 Å². The normalized spacial score (nSPS) is 21.6. The van der Waals surface area contributed by atoms with Crippen LogP contribution < -0.4 is 4.74 Å². The summed E-state index contributed by atoms with van der Waals surface area (Å²) in [5.41, 5.74) is 0. The summed E-state index contributed by atoms with van der Waals surface area (Å²) >= 11 is 5.99. The zero-order valence-electron chi connectivity index (χ0n) is 12.0. The minimum Gasteiger partial charge on any atom is -0.466 e. The van der Waals surface area contributed by atoms with Crippen LogP contribution in [0.2, 0.25) is 5.02 Å². The molecule has 0 saturated heterocycles. The molecule has 114 valence electrons. The van der Waals surface area contributed by atoms with Crippen LogP contribution >= 0.6 is 11.6 Å². The van der Waals surface area contributed by atoms with E-state index in [9.17, 15) is 9.59 Å². The molecule has 0 aromatic heterocycles. The van der Waals surface area contributed by atoms with Gasteiger partial charge in [0, 0.05) is 0 Å². The molecule has 4 nitrogen and oxygen atoms in total. The average molecular weight is 311 g/mol. The Morgan fingerprint density at radius 2 is 1.76 bits per heavy atom. The third-order valence-corrected chi connectivity index (χ3v) is 4.02. The third-order valence-electron chi connectivity index (χ3n) is 3.71. The van der Waals surface area contributed by atoms with Crippen molar-refractivity contribution >= 4 is 23.5 Å². The number of ether oxygens (including phenoxy) is 2. The zero-order chi connectivity index (χ0) is 15.2. The van der Waals surface area contributed by atoms with E-state index in [0.717, 1.165) is 12.8 Å². The topological polar surface area (TPSA) is 52.6 Å². The Kier molecular flexibility index (Phi) is 5.62. The molecule has 1 aliphatic carbocycles. The first-order valence-electron chi connectivity index (χ1n) is 7.26. The van der Waals surface area contributed by atoms with Crippen molar-refractivity contribution in [3.8, 4) is 5.75 Å². The fourth-order valence-corrected chi connectivity index (χ4v) is 2.83. The summed E-state index contributed by atoms with van der Waals surface area (Å²) in [5, 5.41) is 0.384. The third kappa shape index (κ3) is 3.97. The van der Waals surface area contributed by atoms with Gasteiger partial charge in [-0.05, 0) is 31.9 Å². The van der Waals surface area contributed by atoms with E-state index < -0.39 is 17.8 Å². The van der Waals surface area contributed by atoms with E-state index >= 15 is 0 Å². The number of hydrogen-bond acceptors (Lipinski definition) is 4. The van der Waals surface area contributed by atoms with Gasteiger partial charge in [-0.2, -0.15) is 0 Å². The highest BCUT2D eigenvalue weighted by Gasteiger charge is 2.38. The van der Waals surface area contributed by atoms with Gasteiger partial charge in [0.05, 0.1) is 23.5 Å². The van der Waals surface area contributed by atoms with Crippen LogP contribution in [0, 0.1) is 11.8 Å². The van der Waals surface area contributed by atoms with Crippen LogP contribution in [0.1, 0.15) is 32.6 Å². The fraction of sp³-hybridized carbons (Fsp3) is 0.500. The molecule has 2 unspecified atom stereocenters. The molecule has 21 heavy (non-hydrogen) atoms. The highest BCUT2D eigenvalue weighted by atomic mass is 35.5. The molecule has 1 aromatic carbocycles. The van der Waals surface area contributed by atoms with Crippen molar-refractivity contribution in [2.24, 2.45) is 11.8 Å². The van der Waals surface area contributed by atoms with Gasteiger partial charge in [0.2, 0.25) is 0 Å². The van der Waals surface area contributed by atoms with Crippen molar-refractivity contribution in [1.82, 2.24) is 0 Å². The number of carbonyl (C=O) groups is 2. The van der Waals surface area contributed by atoms with Gasteiger partial charge in [0.1, 0.15) is 5.75 Å². The largest absolute Gasteiger partial charge is 0.466 e. The van der Waals surface area contributed by atoms with Gasteiger partial charge in [-0.25, -0.2) is 0 Å². The van der Waals surface area contributed by atoms with Crippen LogP contribution in [0.15, 0.2) is 24.3 Å². The lowest BCUT2D eigenvalue weighted by Crippen LogP contribution is -2.36. The summed E-state index contributed by atoms with van der Waals surface area (Å²) in [6.07, 6.45) is 3.16. The summed E-state index contributed by atoms with van der Waals surface area (Å²) in [6, 6.07) is 6.82. The fourth-order valence-electron chi connectivity index (χ4n) is 2.66. The highest BCUT2D eigenvalue weighted by molar-refractivity contribution is 6.32. The number of rotatable bonds is 4. The number of benzene rings is 1. The molecule has 0 spiro atoms. The predicted octanol–water partition coefficient (Wildman–Crippen LogP) is 3.61. The summed E-state index contributed by atoms with van der Waals surface area (Å²) in [7, 11) is 0. The highest BCUT2D eigenvalue weighted by Crippen LogP contribution is 2.33. The average Bonchev–Trinajstić information content (AvgIpc) is 2.50. The van der Waals surface area contributed by atoms with Crippen molar-refractivity contribution in [2.45, 2.75) is 32.6 Å². The molecule has 1 saturated carbocycles. The van der Waals surface area contributed by atoms with Crippen LogP contribution in [-0.2, 0) is 14.3 Å². The van der Waals surface area contributed by atoms with E-state index in [1.54, 1.807) is 31.2 Å². The number of hydrogen-bond donors (Lipinski definition) is 0. The van der Waals surface area contributed by atoms with Crippen LogP contribution in [0.5, 0.6) is 5.75 Å². The predicted molar refractivity (Wildman–Crippen MR) is 79.2 cm³/mol. The van der Waals surface area contributed by atoms with Crippen molar-refractivity contribution in [1.29, 1.82) is 0 Å². The molecule has 0 bridgehead atoms. The first-order valence-corrected chi connectivity index (χ1v) is 7.64. The second-order valence-electron chi connectivity index (χ2n) is 5.10. The van der Waals surface area contributed by atoms with Crippen molar-refractivity contribution in [3.63, 3.8) is 0 Å². The maximum absolute atomic E-state index is 12.4. The van der Waals surface area contributed by atoms with Crippen molar-refractivity contribution in [3.05, 3.63) is 29.3 Å². The second-order valence-corrected chi connectivity index (χ2v) is 5.51. The second kappa shape index (κ2) is 7.46. The molecule has 0 radical (unpaired) electrons. The first-order chi connectivity index (χ1) is 10.1. The molecule has 1 fully saturated rings. The van der Waals surface area contributed by atoms with E-state index in [1.165, 1.54) is 0 Å². The number of esters is 2. The van der Waals surface area contributed by atoms with Crippen molar-refractivity contribution < 1.29 is 19.1 Å². The van der Waals surface area contributed by atoms with Gasteiger partial charge in [-0.1, -0.05) is 36.6 Å². The van der Waals surface area contributed by atoms with Gasteiger partial charge < -0.3 is 9.47 Å². The molecule has 2 atom stereocenters. The van der Waals surface area contributed by atoms with Crippen LogP contribution in [-0.4, -0.2) is 18.5 Å². The Morgan fingerprint density at radius 3 is 2.38 bits per heavy atom. The van der Waals surface area contributed by atoms with Crippen LogP contribution in [0.25, 0.3) is 0 Å². The van der Waals surface area contributed by atoms with Gasteiger partial charge in [0.25, 0.3) is 0 Å². The van der Waals surface area contributed by atoms with E-state index in [0.29, 0.717) is 30.2 Å². The zero-order valence-corrected chi connectivity index (χ0v) is 12.8. The molecule has 0 N–H and O–H groups in total. The maximum atomic E-state index is 12.4. The maximum Gasteiger partial charge on any atom is 0.315 e. The minimum absolute atomic E-state index is 0.307. The molecule has 5 heteroatoms. The van der Waals surface area contributed by atoms with Crippen LogP contribution in [0.4, 0.5) is 0 Å². The minimum atomic E-state index is -0.450. The Hall–Kier alpha value is -1.55. The Balaban J connectivity index is 2.08. The summed E-state index contributed by atoms with van der Waals surface area (Å²) in [5.74, 6) is -1.24. The molecule has 1 aromatic rings. The van der Waals surface area contributed by atoms with Crippen LogP contribution in [0.3, 0.4) is 0 Å². The summed E-state index contributed by atoms with van der Waals surface area (Å²) in [4.78, 5) is 24.3. The molecule has 1 aliphatic rings.